The van der Waals surface area contributed by atoms with Crippen molar-refractivity contribution in [1.29, 1.82) is 0 Å². The zero-order valence-corrected chi connectivity index (χ0v) is 10.1. The largest absolute Gasteiger partial charge is 0.673 e. The van der Waals surface area contributed by atoms with Gasteiger partial charge < -0.3 is 21.7 Å². The van der Waals surface area contributed by atoms with Crippen molar-refractivity contribution in [3.63, 3.8) is 0 Å². The molecule has 0 heterocycles. The number of hydrogen-bond donors (Lipinski definition) is 0. The molecule has 0 saturated carbocycles. The van der Waals surface area contributed by atoms with Crippen LogP contribution in [0.2, 0.25) is 0 Å². The summed E-state index contributed by atoms with van der Waals surface area (Å²) in [6.07, 6.45) is 2.70. The fourth-order valence-corrected chi connectivity index (χ4v) is 1.08. The molecule has 0 fully saturated rings. The number of rotatable bonds is 5. The van der Waals surface area contributed by atoms with Crippen molar-refractivity contribution in [2.75, 3.05) is 26.7 Å². The molecule has 0 unspecified atom stereocenters. The fourth-order valence-electron chi connectivity index (χ4n) is 1.08. The van der Waals surface area contributed by atoms with Crippen LogP contribution < -0.4 is 0 Å². The third-order valence-electron chi connectivity index (χ3n) is 2.58. The van der Waals surface area contributed by atoms with E-state index in [1.165, 1.54) is 37.0 Å². The highest BCUT2D eigenvalue weighted by Crippen LogP contribution is 2.06. The van der Waals surface area contributed by atoms with Crippen LogP contribution in [0.3, 0.4) is 0 Å². The van der Waals surface area contributed by atoms with Gasteiger partial charge in [-0.15, -0.1) is 0 Å². The maximum absolute atomic E-state index is 9.75. The van der Waals surface area contributed by atoms with Crippen LogP contribution in [0, 0.1) is 0 Å². The average Bonchev–Trinajstić information content (AvgIpc) is 2.12. The second kappa shape index (κ2) is 7.96. The van der Waals surface area contributed by atoms with Gasteiger partial charge in [-0.2, -0.15) is 0 Å². The van der Waals surface area contributed by atoms with E-state index in [9.17, 15) is 17.3 Å². The number of quaternary nitrogens is 1. The van der Waals surface area contributed by atoms with Crippen molar-refractivity contribution in [1.82, 2.24) is 0 Å². The van der Waals surface area contributed by atoms with Crippen molar-refractivity contribution < 1.29 is 21.7 Å². The van der Waals surface area contributed by atoms with Gasteiger partial charge in [0, 0.05) is 0 Å². The van der Waals surface area contributed by atoms with Crippen LogP contribution in [-0.2, 0) is 0 Å². The molecule has 0 bridgehead atoms. The van der Waals surface area contributed by atoms with E-state index in [2.05, 4.69) is 27.8 Å². The van der Waals surface area contributed by atoms with E-state index >= 15 is 0 Å². The molecular formula is C9H22BF4N. The molecule has 1 nitrogen and oxygen atoms in total. The molecule has 0 radical (unpaired) electrons. The molecule has 0 rings (SSSR count). The van der Waals surface area contributed by atoms with Crippen LogP contribution in [-0.4, -0.2) is 38.4 Å². The van der Waals surface area contributed by atoms with Crippen LogP contribution >= 0.6 is 0 Å². The standard InChI is InChI=1S/C9H22N.BF4/c1-5-8-9-10(4,6-2)7-3;2-1(3,4)5/h5-9H2,1-4H3;/q+1;-1. The molecule has 0 aliphatic heterocycles. The minimum absolute atomic E-state index is 1.24. The first-order valence-electron chi connectivity index (χ1n) is 5.39. The Morgan fingerprint density at radius 3 is 1.47 bits per heavy atom. The molecule has 0 aromatic rings. The Kier molecular flexibility index (Phi) is 9.10. The predicted molar refractivity (Wildman–Crippen MR) is 57.2 cm³/mol. The quantitative estimate of drug-likeness (QED) is 0.385. The predicted octanol–water partition coefficient (Wildman–Crippen LogP) is 3.57. The number of nitrogens with zero attached hydrogens (tertiary/aromatic N) is 1. The van der Waals surface area contributed by atoms with Gasteiger partial charge >= 0.3 is 7.25 Å². The summed E-state index contributed by atoms with van der Waals surface area (Å²) in [7, 11) is -3.66. The van der Waals surface area contributed by atoms with E-state index in [4.69, 9.17) is 0 Å². The highest BCUT2D eigenvalue weighted by molar-refractivity contribution is 6.50. The molecule has 0 saturated heterocycles. The van der Waals surface area contributed by atoms with Gasteiger partial charge in [0.2, 0.25) is 0 Å². The van der Waals surface area contributed by atoms with E-state index in [1.54, 1.807) is 0 Å². The minimum atomic E-state index is -6.00. The molecular weight excluding hydrogens is 209 g/mol. The Hall–Kier alpha value is -0.255. The van der Waals surface area contributed by atoms with Gasteiger partial charge in [-0.1, -0.05) is 13.3 Å². The summed E-state index contributed by atoms with van der Waals surface area (Å²) in [5, 5.41) is 0. The molecule has 0 aromatic carbocycles. The van der Waals surface area contributed by atoms with Gasteiger partial charge in [0.1, 0.15) is 0 Å². The molecule has 0 aliphatic carbocycles. The number of unbranched alkanes of at least 4 members (excludes halogenated alkanes) is 1. The lowest BCUT2D eigenvalue weighted by Crippen LogP contribution is -2.44. The molecule has 0 aliphatic rings. The highest BCUT2D eigenvalue weighted by Gasteiger charge is 2.20. The smallest absolute Gasteiger partial charge is 0.418 e. The van der Waals surface area contributed by atoms with Crippen LogP contribution in [0.4, 0.5) is 17.3 Å². The summed E-state index contributed by atoms with van der Waals surface area (Å²) in [5.41, 5.74) is 0. The first kappa shape index (κ1) is 17.1. The summed E-state index contributed by atoms with van der Waals surface area (Å²) >= 11 is 0. The zero-order chi connectivity index (χ0) is 12.5. The third-order valence-corrected chi connectivity index (χ3v) is 2.58. The monoisotopic (exact) mass is 231 g/mol. The topological polar surface area (TPSA) is 0 Å². The summed E-state index contributed by atoms with van der Waals surface area (Å²) in [5.74, 6) is 0. The Bertz CT molecular complexity index is 140. The van der Waals surface area contributed by atoms with E-state index in [0.717, 1.165) is 0 Å². The van der Waals surface area contributed by atoms with Gasteiger partial charge in [-0.3, -0.25) is 0 Å². The van der Waals surface area contributed by atoms with Crippen LogP contribution in [0.1, 0.15) is 33.6 Å². The van der Waals surface area contributed by atoms with Crippen LogP contribution in [0.5, 0.6) is 0 Å². The summed E-state index contributed by atoms with van der Waals surface area (Å²) in [6, 6.07) is 0. The number of halogens is 4. The molecule has 94 valence electrons. The first-order chi connectivity index (χ1) is 6.68. The van der Waals surface area contributed by atoms with Gasteiger partial charge in [0.05, 0.1) is 26.7 Å². The second-order valence-corrected chi connectivity index (χ2v) is 3.82. The van der Waals surface area contributed by atoms with E-state index in [1.807, 2.05) is 0 Å². The molecule has 0 N–H and O–H groups in total. The zero-order valence-electron chi connectivity index (χ0n) is 10.1. The Morgan fingerprint density at radius 1 is 0.933 bits per heavy atom. The lowest BCUT2D eigenvalue weighted by atomic mass is 10.3. The Labute approximate surface area is 90.2 Å². The molecule has 0 atom stereocenters. The van der Waals surface area contributed by atoms with Crippen molar-refractivity contribution in [3.8, 4) is 0 Å². The van der Waals surface area contributed by atoms with Crippen molar-refractivity contribution >= 4 is 7.25 Å². The minimum Gasteiger partial charge on any atom is -0.418 e. The third kappa shape index (κ3) is 16.4. The lowest BCUT2D eigenvalue weighted by Gasteiger charge is -2.31. The molecule has 0 amide bonds. The SMILES string of the molecule is CCCC[N+](C)(CC)CC.F[B-](F)(F)F. The maximum Gasteiger partial charge on any atom is 0.673 e. The van der Waals surface area contributed by atoms with Crippen molar-refractivity contribution in [2.45, 2.75) is 33.6 Å². The van der Waals surface area contributed by atoms with Gasteiger partial charge in [0.15, 0.2) is 0 Å². The van der Waals surface area contributed by atoms with Crippen molar-refractivity contribution in [3.05, 3.63) is 0 Å². The molecule has 0 spiro atoms. The van der Waals surface area contributed by atoms with Gasteiger partial charge in [-0.25, -0.2) is 0 Å². The lowest BCUT2D eigenvalue weighted by molar-refractivity contribution is -0.906. The van der Waals surface area contributed by atoms with Gasteiger partial charge in [-0.05, 0) is 20.3 Å². The van der Waals surface area contributed by atoms with E-state index < -0.39 is 7.25 Å². The molecule has 0 aromatic heterocycles. The number of hydrogen-bond acceptors (Lipinski definition) is 0. The Morgan fingerprint density at radius 2 is 1.27 bits per heavy atom. The van der Waals surface area contributed by atoms with Gasteiger partial charge in [0.25, 0.3) is 0 Å². The Balaban J connectivity index is 0. The summed E-state index contributed by atoms with van der Waals surface area (Å²) in [4.78, 5) is 0. The van der Waals surface area contributed by atoms with Crippen LogP contribution in [0.25, 0.3) is 0 Å². The van der Waals surface area contributed by atoms with E-state index in [-0.39, 0.29) is 0 Å². The first-order valence-corrected chi connectivity index (χ1v) is 5.39. The highest BCUT2D eigenvalue weighted by atomic mass is 19.5. The van der Waals surface area contributed by atoms with E-state index in [0.29, 0.717) is 0 Å². The fraction of sp³-hybridized carbons (Fsp3) is 1.00. The summed E-state index contributed by atoms with van der Waals surface area (Å²) in [6.45, 7) is 10.7. The maximum atomic E-state index is 9.75. The normalized spacial score (nSPS) is 12.0. The van der Waals surface area contributed by atoms with Crippen LogP contribution in [0.15, 0.2) is 0 Å². The second-order valence-electron chi connectivity index (χ2n) is 3.82. The molecule has 6 heteroatoms. The summed E-state index contributed by atoms with van der Waals surface area (Å²) < 4.78 is 40.2. The average molecular weight is 231 g/mol. The van der Waals surface area contributed by atoms with Crippen molar-refractivity contribution in [2.24, 2.45) is 0 Å². The molecule has 15 heavy (non-hydrogen) atoms.